The molecule has 0 aromatic heterocycles. The highest BCUT2D eigenvalue weighted by Gasteiger charge is 2.12. The van der Waals surface area contributed by atoms with Gasteiger partial charge in [-0.05, 0) is 43.1 Å². The number of hydrogen-bond donors (Lipinski definition) is 1. The summed E-state index contributed by atoms with van der Waals surface area (Å²) in [7, 11) is 1.72. The summed E-state index contributed by atoms with van der Waals surface area (Å²) in [4.78, 5) is 0. The van der Waals surface area contributed by atoms with Crippen molar-refractivity contribution < 1.29 is 4.74 Å². The zero-order chi connectivity index (χ0) is 15.1. The molecule has 2 rings (SSSR count). The number of rotatable bonds is 7. The number of ether oxygens (including phenoxy) is 1. The quantitative estimate of drug-likeness (QED) is 0.831. The molecule has 0 saturated heterocycles. The molecule has 0 fully saturated rings. The minimum absolute atomic E-state index is 0.483. The second-order valence-electron chi connectivity index (χ2n) is 5.47. The molecule has 2 aromatic rings. The second kappa shape index (κ2) is 7.84. The lowest BCUT2D eigenvalue weighted by atomic mass is 9.91. The number of hydrogen-bond acceptors (Lipinski definition) is 2. The van der Waals surface area contributed by atoms with Gasteiger partial charge in [-0.25, -0.2) is 0 Å². The van der Waals surface area contributed by atoms with Crippen molar-refractivity contribution in [3.8, 4) is 5.75 Å². The van der Waals surface area contributed by atoms with Gasteiger partial charge >= 0.3 is 0 Å². The normalized spacial score (nSPS) is 12.1. The zero-order valence-corrected chi connectivity index (χ0v) is 13.2. The largest absolute Gasteiger partial charge is 0.497 e. The number of benzene rings is 2. The SMILES string of the molecule is CCNCC(Cc1cccc(OC)c1)c1cccc(C)c1. The summed E-state index contributed by atoms with van der Waals surface area (Å²) in [6.07, 6.45) is 1.02. The minimum atomic E-state index is 0.483. The molecule has 112 valence electrons. The summed E-state index contributed by atoms with van der Waals surface area (Å²) < 4.78 is 5.33. The Morgan fingerprint density at radius 1 is 1.10 bits per heavy atom. The van der Waals surface area contributed by atoms with Crippen molar-refractivity contribution >= 4 is 0 Å². The van der Waals surface area contributed by atoms with E-state index in [4.69, 9.17) is 4.74 Å². The summed E-state index contributed by atoms with van der Waals surface area (Å²) >= 11 is 0. The molecule has 2 nitrogen and oxygen atoms in total. The zero-order valence-electron chi connectivity index (χ0n) is 13.2. The summed E-state index contributed by atoms with van der Waals surface area (Å²) in [5, 5.41) is 3.48. The lowest BCUT2D eigenvalue weighted by Crippen LogP contribution is -2.22. The first-order valence-electron chi connectivity index (χ1n) is 7.63. The third kappa shape index (κ3) is 4.61. The van der Waals surface area contributed by atoms with Gasteiger partial charge in [0, 0.05) is 12.5 Å². The predicted octanol–water partition coefficient (Wildman–Crippen LogP) is 3.94. The van der Waals surface area contributed by atoms with Crippen molar-refractivity contribution in [2.24, 2.45) is 0 Å². The van der Waals surface area contributed by atoms with Gasteiger partial charge in [0.05, 0.1) is 7.11 Å². The maximum Gasteiger partial charge on any atom is 0.119 e. The summed E-state index contributed by atoms with van der Waals surface area (Å²) in [5.41, 5.74) is 4.04. The first kappa shape index (κ1) is 15.6. The number of methoxy groups -OCH3 is 1. The molecule has 2 heteroatoms. The second-order valence-corrected chi connectivity index (χ2v) is 5.47. The monoisotopic (exact) mass is 283 g/mol. The Bertz CT molecular complexity index is 565. The smallest absolute Gasteiger partial charge is 0.119 e. The van der Waals surface area contributed by atoms with Crippen LogP contribution in [0.4, 0.5) is 0 Å². The number of likely N-dealkylation sites (N-methyl/N-ethyl adjacent to an activating group) is 1. The Kier molecular flexibility index (Phi) is 5.82. The van der Waals surface area contributed by atoms with Gasteiger partial charge in [0.2, 0.25) is 0 Å². The molecule has 0 aliphatic carbocycles. The van der Waals surface area contributed by atoms with E-state index in [-0.39, 0.29) is 0 Å². The molecular formula is C19H25NO. The van der Waals surface area contributed by atoms with Gasteiger partial charge in [-0.1, -0.05) is 48.9 Å². The van der Waals surface area contributed by atoms with Crippen LogP contribution < -0.4 is 10.1 Å². The average Bonchev–Trinajstić information content (AvgIpc) is 2.51. The highest BCUT2D eigenvalue weighted by Crippen LogP contribution is 2.23. The Hall–Kier alpha value is -1.80. The Morgan fingerprint density at radius 3 is 2.62 bits per heavy atom. The standard InChI is InChI=1S/C19H25NO/c1-4-20-14-18(17-9-5-7-15(2)11-17)12-16-8-6-10-19(13-16)21-3/h5-11,13,18,20H,4,12,14H2,1-3H3. The first-order chi connectivity index (χ1) is 10.2. The summed E-state index contributed by atoms with van der Waals surface area (Å²) in [6, 6.07) is 17.2. The Balaban J connectivity index is 2.19. The first-order valence-corrected chi connectivity index (χ1v) is 7.63. The van der Waals surface area contributed by atoms with Crippen molar-refractivity contribution in [3.63, 3.8) is 0 Å². The van der Waals surface area contributed by atoms with Crippen molar-refractivity contribution in [3.05, 3.63) is 65.2 Å². The van der Waals surface area contributed by atoms with Crippen LogP contribution in [0, 0.1) is 6.92 Å². The Labute approximate surface area is 128 Å². The fourth-order valence-electron chi connectivity index (χ4n) is 2.63. The third-order valence-corrected chi connectivity index (χ3v) is 3.77. The predicted molar refractivity (Wildman–Crippen MR) is 89.2 cm³/mol. The minimum Gasteiger partial charge on any atom is -0.497 e. The highest BCUT2D eigenvalue weighted by molar-refractivity contribution is 5.32. The van der Waals surface area contributed by atoms with E-state index in [0.29, 0.717) is 5.92 Å². The van der Waals surface area contributed by atoms with Crippen LogP contribution in [0.2, 0.25) is 0 Å². The maximum atomic E-state index is 5.33. The van der Waals surface area contributed by atoms with Crippen molar-refractivity contribution in [2.45, 2.75) is 26.2 Å². The number of nitrogens with one attached hydrogen (secondary N) is 1. The fourth-order valence-corrected chi connectivity index (χ4v) is 2.63. The third-order valence-electron chi connectivity index (χ3n) is 3.77. The van der Waals surface area contributed by atoms with Crippen molar-refractivity contribution in [2.75, 3.05) is 20.2 Å². The Morgan fingerprint density at radius 2 is 1.90 bits per heavy atom. The van der Waals surface area contributed by atoms with E-state index in [1.807, 2.05) is 6.07 Å². The van der Waals surface area contributed by atoms with Gasteiger partial charge in [-0.15, -0.1) is 0 Å². The van der Waals surface area contributed by atoms with Gasteiger partial charge in [0.15, 0.2) is 0 Å². The fraction of sp³-hybridized carbons (Fsp3) is 0.368. The molecule has 0 bridgehead atoms. The molecule has 1 N–H and O–H groups in total. The molecule has 0 aliphatic rings. The molecule has 0 spiro atoms. The van der Waals surface area contributed by atoms with E-state index in [2.05, 4.69) is 61.6 Å². The summed E-state index contributed by atoms with van der Waals surface area (Å²) in [5.74, 6) is 1.41. The molecular weight excluding hydrogens is 258 g/mol. The van der Waals surface area contributed by atoms with Gasteiger partial charge in [0.1, 0.15) is 5.75 Å². The summed E-state index contributed by atoms with van der Waals surface area (Å²) in [6.45, 7) is 6.30. The van der Waals surface area contributed by atoms with E-state index in [1.165, 1.54) is 16.7 Å². The van der Waals surface area contributed by atoms with Gasteiger partial charge in [-0.2, -0.15) is 0 Å². The van der Waals surface area contributed by atoms with E-state index >= 15 is 0 Å². The molecule has 0 amide bonds. The molecule has 0 saturated carbocycles. The molecule has 1 unspecified atom stereocenters. The van der Waals surface area contributed by atoms with Crippen LogP contribution in [0.1, 0.15) is 29.5 Å². The van der Waals surface area contributed by atoms with E-state index in [9.17, 15) is 0 Å². The van der Waals surface area contributed by atoms with Gasteiger partial charge < -0.3 is 10.1 Å². The van der Waals surface area contributed by atoms with E-state index < -0.39 is 0 Å². The van der Waals surface area contributed by atoms with Crippen molar-refractivity contribution in [1.29, 1.82) is 0 Å². The highest BCUT2D eigenvalue weighted by atomic mass is 16.5. The van der Waals surface area contributed by atoms with Crippen LogP contribution in [-0.2, 0) is 6.42 Å². The molecule has 0 heterocycles. The van der Waals surface area contributed by atoms with Crippen LogP contribution in [-0.4, -0.2) is 20.2 Å². The van der Waals surface area contributed by atoms with E-state index in [1.54, 1.807) is 7.11 Å². The van der Waals surface area contributed by atoms with Gasteiger partial charge in [-0.3, -0.25) is 0 Å². The van der Waals surface area contributed by atoms with Crippen molar-refractivity contribution in [1.82, 2.24) is 5.32 Å². The molecule has 1 atom stereocenters. The van der Waals surface area contributed by atoms with Crippen LogP contribution in [0.5, 0.6) is 5.75 Å². The van der Waals surface area contributed by atoms with Crippen LogP contribution in [0.3, 0.4) is 0 Å². The molecule has 21 heavy (non-hydrogen) atoms. The lowest BCUT2D eigenvalue weighted by molar-refractivity contribution is 0.414. The van der Waals surface area contributed by atoms with E-state index in [0.717, 1.165) is 25.3 Å². The molecule has 0 radical (unpaired) electrons. The maximum absolute atomic E-state index is 5.33. The number of aryl methyl sites for hydroxylation is 1. The molecule has 2 aromatic carbocycles. The van der Waals surface area contributed by atoms with Gasteiger partial charge in [0.25, 0.3) is 0 Å². The average molecular weight is 283 g/mol. The molecule has 0 aliphatic heterocycles. The van der Waals surface area contributed by atoms with Crippen LogP contribution >= 0.6 is 0 Å². The van der Waals surface area contributed by atoms with Crippen LogP contribution in [0.25, 0.3) is 0 Å². The lowest BCUT2D eigenvalue weighted by Gasteiger charge is -2.19. The van der Waals surface area contributed by atoms with Crippen LogP contribution in [0.15, 0.2) is 48.5 Å². The topological polar surface area (TPSA) is 21.3 Å².